The Morgan fingerprint density at radius 2 is 1.76 bits per heavy atom. The number of nitrogens with one attached hydrogen (secondary N) is 1. The van der Waals surface area contributed by atoms with Gasteiger partial charge in [-0.05, 0) is 31.2 Å². The molecule has 7 nitrogen and oxygen atoms in total. The topological polar surface area (TPSA) is 98.5 Å². The van der Waals surface area contributed by atoms with E-state index in [-0.39, 0.29) is 22.7 Å². The predicted octanol–water partition coefficient (Wildman–Crippen LogP) is 3.83. The number of rotatable bonds is 6. The van der Waals surface area contributed by atoms with Crippen LogP contribution in [0.15, 0.2) is 46.9 Å². The van der Waals surface area contributed by atoms with E-state index in [9.17, 15) is 19.7 Å². The van der Waals surface area contributed by atoms with Gasteiger partial charge in [0, 0.05) is 23.2 Å². The van der Waals surface area contributed by atoms with Crippen LogP contribution in [-0.2, 0) is 4.74 Å². The Hall–Kier alpha value is -2.74. The molecule has 2 aromatic carbocycles. The molecule has 0 amide bonds. The molecule has 1 unspecified atom stereocenters. The van der Waals surface area contributed by atoms with Crippen molar-refractivity contribution in [1.82, 2.24) is 0 Å². The van der Waals surface area contributed by atoms with Gasteiger partial charge in [-0.15, -0.1) is 0 Å². The number of ketones is 1. The van der Waals surface area contributed by atoms with Crippen molar-refractivity contribution in [3.8, 4) is 0 Å². The van der Waals surface area contributed by atoms with Gasteiger partial charge in [-0.3, -0.25) is 14.9 Å². The smallest absolute Gasteiger partial charge is 0.339 e. The number of Topliss-reactive ketones (excluding diaryl/α,β-unsaturated/α-hetero) is 1. The summed E-state index contributed by atoms with van der Waals surface area (Å²) < 4.78 is 5.97. The molecule has 0 aliphatic heterocycles. The number of nitrogens with zero attached hydrogens (tertiary/aromatic N) is 1. The van der Waals surface area contributed by atoms with Gasteiger partial charge in [0.2, 0.25) is 5.78 Å². The number of carbonyl (C=O) groups excluding carboxylic acids is 2. The van der Waals surface area contributed by atoms with Gasteiger partial charge in [-0.25, -0.2) is 4.79 Å². The van der Waals surface area contributed by atoms with Gasteiger partial charge >= 0.3 is 5.97 Å². The summed E-state index contributed by atoms with van der Waals surface area (Å²) in [7, 11) is 1.54. The lowest BCUT2D eigenvalue weighted by molar-refractivity contribution is -0.384. The number of esters is 1. The minimum atomic E-state index is -1.02. The van der Waals surface area contributed by atoms with E-state index < -0.39 is 17.0 Å². The number of anilines is 1. The summed E-state index contributed by atoms with van der Waals surface area (Å²) in [6.45, 7) is 1.46. The summed E-state index contributed by atoms with van der Waals surface area (Å²) in [6.07, 6.45) is -1.02. The molecule has 0 aliphatic rings. The number of hydrogen-bond donors (Lipinski definition) is 1. The molecule has 2 rings (SSSR count). The molecule has 130 valence electrons. The fourth-order valence-corrected chi connectivity index (χ4v) is 2.42. The lowest BCUT2D eigenvalue weighted by Crippen LogP contribution is -2.24. The van der Waals surface area contributed by atoms with E-state index in [0.29, 0.717) is 5.56 Å². The normalized spacial score (nSPS) is 11.5. The molecule has 0 aromatic heterocycles. The Morgan fingerprint density at radius 3 is 2.32 bits per heavy atom. The number of benzene rings is 2. The summed E-state index contributed by atoms with van der Waals surface area (Å²) >= 11 is 3.28. The summed E-state index contributed by atoms with van der Waals surface area (Å²) in [5.74, 6) is -1.16. The van der Waals surface area contributed by atoms with Crippen LogP contribution in [0.1, 0.15) is 27.6 Å². The van der Waals surface area contributed by atoms with Crippen LogP contribution in [0.5, 0.6) is 0 Å². The zero-order chi connectivity index (χ0) is 18.6. The van der Waals surface area contributed by atoms with Crippen molar-refractivity contribution >= 4 is 39.1 Å². The van der Waals surface area contributed by atoms with Crippen molar-refractivity contribution in [1.29, 1.82) is 0 Å². The van der Waals surface area contributed by atoms with E-state index in [1.54, 1.807) is 31.3 Å². The van der Waals surface area contributed by atoms with E-state index in [0.717, 1.165) is 10.5 Å². The highest BCUT2D eigenvalue weighted by Gasteiger charge is 2.23. The maximum atomic E-state index is 12.3. The lowest BCUT2D eigenvalue weighted by atomic mass is 10.1. The first kappa shape index (κ1) is 18.6. The van der Waals surface area contributed by atoms with Crippen LogP contribution in [0.25, 0.3) is 0 Å². The third-order valence-electron chi connectivity index (χ3n) is 3.48. The number of carbonyl (C=O) groups is 2. The monoisotopic (exact) mass is 406 g/mol. The largest absolute Gasteiger partial charge is 0.451 e. The van der Waals surface area contributed by atoms with Gasteiger partial charge in [0.25, 0.3) is 5.69 Å². The molecule has 25 heavy (non-hydrogen) atoms. The van der Waals surface area contributed by atoms with Crippen molar-refractivity contribution in [2.75, 3.05) is 12.4 Å². The van der Waals surface area contributed by atoms with Crippen LogP contribution < -0.4 is 5.32 Å². The summed E-state index contributed by atoms with van der Waals surface area (Å²) in [6, 6.07) is 10.6. The molecular weight excluding hydrogens is 392 g/mol. The Kier molecular flexibility index (Phi) is 5.87. The number of nitro benzene ring substituents is 1. The highest BCUT2D eigenvalue weighted by molar-refractivity contribution is 9.10. The lowest BCUT2D eigenvalue weighted by Gasteiger charge is -2.13. The first-order valence-electron chi connectivity index (χ1n) is 7.30. The first-order chi connectivity index (χ1) is 11.8. The van der Waals surface area contributed by atoms with Crippen LogP contribution in [0.3, 0.4) is 0 Å². The van der Waals surface area contributed by atoms with E-state index in [1.165, 1.54) is 19.1 Å². The van der Waals surface area contributed by atoms with Crippen LogP contribution in [0.2, 0.25) is 0 Å². The molecule has 0 aliphatic carbocycles. The molecule has 2 aromatic rings. The van der Waals surface area contributed by atoms with Gasteiger partial charge < -0.3 is 10.1 Å². The second-order valence-electron chi connectivity index (χ2n) is 5.16. The van der Waals surface area contributed by atoms with Gasteiger partial charge in [0.15, 0.2) is 6.10 Å². The fraction of sp³-hybridized carbons (Fsp3) is 0.176. The second-order valence-corrected chi connectivity index (χ2v) is 6.07. The minimum absolute atomic E-state index is 0.00107. The van der Waals surface area contributed by atoms with E-state index in [4.69, 9.17) is 4.74 Å². The van der Waals surface area contributed by atoms with Crippen molar-refractivity contribution in [3.05, 3.63) is 68.2 Å². The van der Waals surface area contributed by atoms with Crippen LogP contribution >= 0.6 is 15.9 Å². The summed E-state index contributed by atoms with van der Waals surface area (Å²) in [5.41, 5.74) is 0.436. The van der Waals surface area contributed by atoms with Gasteiger partial charge in [-0.1, -0.05) is 28.1 Å². The van der Waals surface area contributed by atoms with Crippen molar-refractivity contribution in [3.63, 3.8) is 0 Å². The maximum Gasteiger partial charge on any atom is 0.339 e. The Labute approximate surface area is 152 Å². The van der Waals surface area contributed by atoms with Gasteiger partial charge in [0.1, 0.15) is 5.69 Å². The van der Waals surface area contributed by atoms with E-state index in [2.05, 4.69) is 21.2 Å². The van der Waals surface area contributed by atoms with Crippen molar-refractivity contribution in [2.45, 2.75) is 13.0 Å². The van der Waals surface area contributed by atoms with Crippen molar-refractivity contribution in [2.24, 2.45) is 0 Å². The highest BCUT2D eigenvalue weighted by atomic mass is 79.9. The first-order valence-corrected chi connectivity index (χ1v) is 8.09. The minimum Gasteiger partial charge on any atom is -0.451 e. The van der Waals surface area contributed by atoms with Crippen LogP contribution in [0.4, 0.5) is 11.4 Å². The maximum absolute atomic E-state index is 12.3. The summed E-state index contributed by atoms with van der Waals surface area (Å²) in [5, 5.41) is 13.7. The number of nitro groups is 1. The number of hydrogen-bond acceptors (Lipinski definition) is 6. The molecule has 0 saturated heterocycles. The molecule has 1 atom stereocenters. The zero-order valence-corrected chi connectivity index (χ0v) is 15.1. The average molecular weight is 407 g/mol. The molecule has 0 fully saturated rings. The quantitative estimate of drug-likeness (QED) is 0.338. The Balaban J connectivity index is 2.15. The predicted molar refractivity (Wildman–Crippen MR) is 96.0 cm³/mol. The molecule has 0 bridgehead atoms. The highest BCUT2D eigenvalue weighted by Crippen LogP contribution is 2.25. The van der Waals surface area contributed by atoms with Crippen molar-refractivity contribution < 1.29 is 19.2 Å². The SMILES string of the molecule is CNc1ccc(C(=O)OC(C)C(=O)c2ccc(Br)cc2)cc1[N+](=O)[O-]. The molecule has 0 radical (unpaired) electrons. The number of ether oxygens (including phenoxy) is 1. The molecule has 0 spiro atoms. The average Bonchev–Trinajstić information content (AvgIpc) is 2.60. The molecule has 0 heterocycles. The number of halogens is 1. The van der Waals surface area contributed by atoms with Gasteiger partial charge in [0.05, 0.1) is 10.5 Å². The van der Waals surface area contributed by atoms with E-state index in [1.807, 2.05) is 0 Å². The van der Waals surface area contributed by atoms with Crippen LogP contribution in [0, 0.1) is 10.1 Å². The summed E-state index contributed by atoms with van der Waals surface area (Å²) in [4.78, 5) is 34.9. The third kappa shape index (κ3) is 4.42. The third-order valence-corrected chi connectivity index (χ3v) is 4.01. The molecular formula is C17H15BrN2O5. The fourth-order valence-electron chi connectivity index (χ4n) is 2.15. The van der Waals surface area contributed by atoms with E-state index >= 15 is 0 Å². The molecule has 0 saturated carbocycles. The zero-order valence-electron chi connectivity index (χ0n) is 13.5. The van der Waals surface area contributed by atoms with Crippen LogP contribution in [-0.4, -0.2) is 29.8 Å². The standard InChI is InChI=1S/C17H15BrN2O5/c1-10(16(21)11-3-6-13(18)7-4-11)25-17(22)12-5-8-14(19-2)15(9-12)20(23)24/h3-10,19H,1-2H3. The molecule has 8 heteroatoms. The second kappa shape index (κ2) is 7.89. The van der Waals surface area contributed by atoms with Gasteiger partial charge in [-0.2, -0.15) is 0 Å². The molecule has 1 N–H and O–H groups in total. The Bertz CT molecular complexity index is 820. The Morgan fingerprint density at radius 1 is 1.16 bits per heavy atom.